The van der Waals surface area contributed by atoms with Crippen molar-refractivity contribution in [3.05, 3.63) is 41.2 Å². The molecule has 7 heteroatoms. The van der Waals surface area contributed by atoms with Crippen LogP contribution in [-0.4, -0.2) is 20.4 Å². The first-order valence-corrected chi connectivity index (χ1v) is 7.77. The maximum absolute atomic E-state index is 5.72. The average Bonchev–Trinajstić information content (AvgIpc) is 3.09. The lowest BCUT2D eigenvalue weighted by molar-refractivity contribution is 0.509. The van der Waals surface area contributed by atoms with Crippen LogP contribution in [0, 0.1) is 6.92 Å². The zero-order valence-corrected chi connectivity index (χ0v) is 12.6. The van der Waals surface area contributed by atoms with Gasteiger partial charge in [0.25, 0.3) is 0 Å². The van der Waals surface area contributed by atoms with Gasteiger partial charge in [0.2, 0.25) is 11.8 Å². The van der Waals surface area contributed by atoms with Gasteiger partial charge in [0.1, 0.15) is 5.01 Å². The zero-order valence-electron chi connectivity index (χ0n) is 11.0. The van der Waals surface area contributed by atoms with Crippen LogP contribution < -0.4 is 0 Å². The topological polar surface area (TPSA) is 64.7 Å². The van der Waals surface area contributed by atoms with E-state index in [1.807, 2.05) is 44.2 Å². The quantitative estimate of drug-likeness (QED) is 0.684. The fourth-order valence-corrected chi connectivity index (χ4v) is 3.61. The molecule has 0 saturated heterocycles. The molecule has 102 valence electrons. The molecule has 5 nitrogen and oxygen atoms in total. The van der Waals surface area contributed by atoms with Gasteiger partial charge in [-0.25, -0.2) is 0 Å². The molecule has 0 N–H and O–H groups in total. The first-order valence-electron chi connectivity index (χ1n) is 6.08. The van der Waals surface area contributed by atoms with Gasteiger partial charge in [0.15, 0.2) is 4.34 Å². The monoisotopic (exact) mass is 304 g/mol. The Bertz CT molecular complexity index is 695. The first-order chi connectivity index (χ1) is 9.72. The molecule has 20 heavy (non-hydrogen) atoms. The molecule has 0 aliphatic heterocycles. The molecular weight excluding hydrogens is 292 g/mol. The van der Waals surface area contributed by atoms with E-state index in [9.17, 15) is 0 Å². The van der Waals surface area contributed by atoms with Gasteiger partial charge < -0.3 is 4.42 Å². The highest BCUT2D eigenvalue weighted by Gasteiger charge is 2.17. The van der Waals surface area contributed by atoms with Crippen LogP contribution in [0.2, 0.25) is 0 Å². The molecule has 1 atom stereocenters. The summed E-state index contributed by atoms with van der Waals surface area (Å²) in [5.74, 6) is 1.14. The summed E-state index contributed by atoms with van der Waals surface area (Å²) in [6.45, 7) is 3.95. The van der Waals surface area contributed by atoms with Gasteiger partial charge in [-0.15, -0.1) is 20.4 Å². The molecule has 3 aromatic rings. The van der Waals surface area contributed by atoms with Crippen LogP contribution in [0.3, 0.4) is 0 Å². The Labute approximate surface area is 124 Å². The third-order valence-corrected chi connectivity index (χ3v) is 4.60. The van der Waals surface area contributed by atoms with Crippen molar-refractivity contribution in [3.63, 3.8) is 0 Å². The number of thioether (sulfide) groups is 1. The first kappa shape index (κ1) is 13.3. The fraction of sp³-hybridized carbons (Fsp3) is 0.231. The maximum Gasteiger partial charge on any atom is 0.247 e. The summed E-state index contributed by atoms with van der Waals surface area (Å²) in [5.41, 5.74) is 0.926. The maximum atomic E-state index is 5.72. The molecule has 2 aromatic heterocycles. The van der Waals surface area contributed by atoms with E-state index >= 15 is 0 Å². The Kier molecular flexibility index (Phi) is 3.79. The van der Waals surface area contributed by atoms with Gasteiger partial charge in [-0.2, -0.15) is 0 Å². The Morgan fingerprint density at radius 3 is 2.60 bits per heavy atom. The van der Waals surface area contributed by atoms with E-state index in [4.69, 9.17) is 4.42 Å². The van der Waals surface area contributed by atoms with Crippen LogP contribution in [0.15, 0.2) is 39.1 Å². The number of aromatic nitrogens is 4. The molecule has 0 aliphatic carbocycles. The highest BCUT2D eigenvalue weighted by Crippen LogP contribution is 2.36. The molecule has 2 heterocycles. The van der Waals surface area contributed by atoms with Crippen molar-refractivity contribution in [1.82, 2.24) is 20.4 Å². The summed E-state index contributed by atoms with van der Waals surface area (Å²) in [6, 6.07) is 9.74. The number of nitrogens with zero attached hydrogens (tertiary/aromatic N) is 4. The SMILES string of the molecule is Cc1nnc(S[C@@H](C)c2nnc(-c3ccccc3)o2)s1. The lowest BCUT2D eigenvalue weighted by Crippen LogP contribution is -1.88. The van der Waals surface area contributed by atoms with Gasteiger partial charge in [-0.05, 0) is 26.0 Å². The molecule has 3 rings (SSSR count). The van der Waals surface area contributed by atoms with Crippen molar-refractivity contribution < 1.29 is 4.42 Å². The summed E-state index contributed by atoms with van der Waals surface area (Å²) >= 11 is 3.14. The molecule has 0 amide bonds. The van der Waals surface area contributed by atoms with E-state index in [0.717, 1.165) is 14.9 Å². The zero-order chi connectivity index (χ0) is 13.9. The molecule has 0 radical (unpaired) electrons. The molecule has 0 spiro atoms. The second kappa shape index (κ2) is 5.72. The van der Waals surface area contributed by atoms with E-state index in [-0.39, 0.29) is 5.25 Å². The van der Waals surface area contributed by atoms with E-state index in [0.29, 0.717) is 11.8 Å². The standard InChI is InChI=1S/C13H12N4OS2/c1-8(19-13-17-14-9(2)20-13)11-15-16-12(18-11)10-6-4-3-5-7-10/h3-8H,1-2H3/t8-/m0/s1. The van der Waals surface area contributed by atoms with E-state index in [1.165, 1.54) is 0 Å². The van der Waals surface area contributed by atoms with Crippen LogP contribution in [0.1, 0.15) is 23.1 Å². The minimum absolute atomic E-state index is 0.0484. The van der Waals surface area contributed by atoms with Gasteiger partial charge in [-0.3, -0.25) is 0 Å². The molecule has 0 aliphatic rings. The Morgan fingerprint density at radius 2 is 1.90 bits per heavy atom. The van der Waals surface area contributed by atoms with Crippen LogP contribution in [-0.2, 0) is 0 Å². The lowest BCUT2D eigenvalue weighted by atomic mass is 10.2. The average molecular weight is 304 g/mol. The third-order valence-electron chi connectivity index (χ3n) is 2.59. The summed E-state index contributed by atoms with van der Waals surface area (Å²) in [7, 11) is 0. The lowest BCUT2D eigenvalue weighted by Gasteiger charge is -2.02. The molecule has 0 bridgehead atoms. The van der Waals surface area contributed by atoms with Crippen molar-refractivity contribution in [2.75, 3.05) is 0 Å². The largest absolute Gasteiger partial charge is 0.419 e. The van der Waals surface area contributed by atoms with Gasteiger partial charge in [-0.1, -0.05) is 41.3 Å². The van der Waals surface area contributed by atoms with Gasteiger partial charge >= 0.3 is 0 Å². The van der Waals surface area contributed by atoms with Crippen molar-refractivity contribution in [2.45, 2.75) is 23.4 Å². The van der Waals surface area contributed by atoms with Crippen LogP contribution in [0.25, 0.3) is 11.5 Å². The Hall–Kier alpha value is -1.73. The molecule has 0 saturated carbocycles. The van der Waals surface area contributed by atoms with Crippen molar-refractivity contribution in [1.29, 1.82) is 0 Å². The smallest absolute Gasteiger partial charge is 0.247 e. The number of rotatable bonds is 4. The summed E-state index contributed by atoms with van der Waals surface area (Å²) in [4.78, 5) is 0. The second-order valence-electron chi connectivity index (χ2n) is 4.16. The van der Waals surface area contributed by atoms with Gasteiger partial charge in [0.05, 0.1) is 5.25 Å². The predicted molar refractivity (Wildman–Crippen MR) is 78.7 cm³/mol. The normalized spacial score (nSPS) is 12.5. The van der Waals surface area contributed by atoms with Crippen LogP contribution >= 0.6 is 23.1 Å². The van der Waals surface area contributed by atoms with Crippen LogP contribution in [0.5, 0.6) is 0 Å². The predicted octanol–water partition coefficient (Wildman–Crippen LogP) is 3.75. The highest BCUT2D eigenvalue weighted by molar-refractivity contribution is 8.01. The van der Waals surface area contributed by atoms with Crippen molar-refractivity contribution >= 4 is 23.1 Å². The van der Waals surface area contributed by atoms with Crippen molar-refractivity contribution in [3.8, 4) is 11.5 Å². The number of benzene rings is 1. The molecule has 0 unspecified atom stereocenters. The molecule has 1 aromatic carbocycles. The van der Waals surface area contributed by atoms with Gasteiger partial charge in [0, 0.05) is 5.56 Å². The minimum atomic E-state index is 0.0484. The summed E-state index contributed by atoms with van der Waals surface area (Å²) in [5, 5.41) is 17.3. The number of aryl methyl sites for hydroxylation is 1. The summed E-state index contributed by atoms with van der Waals surface area (Å²) < 4.78 is 6.64. The highest BCUT2D eigenvalue weighted by atomic mass is 32.2. The Balaban J connectivity index is 1.76. The van der Waals surface area contributed by atoms with E-state index in [2.05, 4.69) is 20.4 Å². The fourth-order valence-electron chi connectivity index (χ4n) is 1.62. The number of hydrogen-bond donors (Lipinski definition) is 0. The van der Waals surface area contributed by atoms with E-state index in [1.54, 1.807) is 23.1 Å². The van der Waals surface area contributed by atoms with Crippen molar-refractivity contribution in [2.24, 2.45) is 0 Å². The number of hydrogen-bond acceptors (Lipinski definition) is 7. The third kappa shape index (κ3) is 2.88. The Morgan fingerprint density at radius 1 is 1.10 bits per heavy atom. The van der Waals surface area contributed by atoms with Crippen LogP contribution in [0.4, 0.5) is 0 Å². The van der Waals surface area contributed by atoms with E-state index < -0.39 is 0 Å². The molecule has 0 fully saturated rings. The second-order valence-corrected chi connectivity index (χ2v) is 6.93. The minimum Gasteiger partial charge on any atom is -0.419 e. The molecular formula is C13H12N4OS2. The summed E-state index contributed by atoms with van der Waals surface area (Å²) in [6.07, 6.45) is 0.